The van der Waals surface area contributed by atoms with Gasteiger partial charge in [-0.3, -0.25) is 4.79 Å². The second kappa shape index (κ2) is 6.04. The van der Waals surface area contributed by atoms with Crippen LogP contribution >= 0.6 is 0 Å². The number of rotatable bonds is 4. The van der Waals surface area contributed by atoms with Crippen molar-refractivity contribution < 1.29 is 24.9 Å². The van der Waals surface area contributed by atoms with Crippen LogP contribution < -0.4 is 10.1 Å². The molecule has 110 valence electrons. The summed E-state index contributed by atoms with van der Waals surface area (Å²) in [6, 6.07) is 8.86. The van der Waals surface area contributed by atoms with E-state index < -0.39 is 11.7 Å². The van der Waals surface area contributed by atoms with Crippen molar-refractivity contribution in [1.29, 1.82) is 0 Å². The molecule has 2 rings (SSSR count). The summed E-state index contributed by atoms with van der Waals surface area (Å²) in [5.74, 6) is -1.01. The second-order valence-corrected chi connectivity index (χ2v) is 4.36. The zero-order valence-electron chi connectivity index (χ0n) is 11.3. The molecule has 1 amide bonds. The van der Waals surface area contributed by atoms with E-state index in [1.807, 2.05) is 0 Å². The molecule has 0 aliphatic carbocycles. The van der Waals surface area contributed by atoms with Crippen LogP contribution in [0.25, 0.3) is 0 Å². The van der Waals surface area contributed by atoms with Gasteiger partial charge in [-0.25, -0.2) is 0 Å². The molecule has 0 radical (unpaired) electrons. The number of nitrogens with one attached hydrogen (secondary N) is 1. The number of ether oxygens (including phenoxy) is 1. The topological polar surface area (TPSA) is 99.0 Å². The van der Waals surface area contributed by atoms with E-state index in [2.05, 4.69) is 5.32 Å². The molecule has 0 spiro atoms. The molecule has 4 N–H and O–H groups in total. The van der Waals surface area contributed by atoms with Crippen LogP contribution in [-0.4, -0.2) is 28.3 Å². The molecule has 0 aromatic heterocycles. The Kier molecular flexibility index (Phi) is 4.18. The smallest absolute Gasteiger partial charge is 0.255 e. The first kappa shape index (κ1) is 14.5. The molecule has 0 heterocycles. The highest BCUT2D eigenvalue weighted by atomic mass is 16.5. The minimum atomic E-state index is -0.518. The molecule has 0 bridgehead atoms. The number of para-hydroxylation sites is 1. The lowest BCUT2D eigenvalue weighted by Gasteiger charge is -2.09. The first-order valence-corrected chi connectivity index (χ1v) is 6.18. The van der Waals surface area contributed by atoms with Gasteiger partial charge in [-0.2, -0.15) is 0 Å². The van der Waals surface area contributed by atoms with Gasteiger partial charge >= 0.3 is 0 Å². The Bertz CT molecular complexity index is 669. The standard InChI is InChI=1S/C15H15NO5/c1-21-13-7-9(5-6-11(13)17)8-16-15(20)10-3-2-4-12(18)14(10)19/h2-7,17-19H,8H2,1H3,(H,16,20). The number of benzene rings is 2. The number of phenols is 3. The molecule has 0 saturated heterocycles. The van der Waals surface area contributed by atoms with Crippen molar-refractivity contribution in [2.24, 2.45) is 0 Å². The Balaban J connectivity index is 2.09. The SMILES string of the molecule is COc1cc(CNC(=O)c2cccc(O)c2O)ccc1O. The van der Waals surface area contributed by atoms with Gasteiger partial charge in [0.15, 0.2) is 23.0 Å². The third-order valence-electron chi connectivity index (χ3n) is 2.96. The lowest BCUT2D eigenvalue weighted by molar-refractivity contribution is 0.0947. The van der Waals surface area contributed by atoms with Gasteiger partial charge in [0, 0.05) is 6.54 Å². The van der Waals surface area contributed by atoms with Crippen LogP contribution in [0.15, 0.2) is 36.4 Å². The van der Waals surface area contributed by atoms with E-state index in [-0.39, 0.29) is 23.6 Å². The zero-order chi connectivity index (χ0) is 15.4. The predicted molar refractivity (Wildman–Crippen MR) is 75.6 cm³/mol. The molecule has 6 nitrogen and oxygen atoms in total. The fourth-order valence-corrected chi connectivity index (χ4v) is 1.82. The van der Waals surface area contributed by atoms with Gasteiger partial charge < -0.3 is 25.4 Å². The van der Waals surface area contributed by atoms with Crippen molar-refractivity contribution in [3.05, 3.63) is 47.5 Å². The van der Waals surface area contributed by atoms with Crippen molar-refractivity contribution in [2.75, 3.05) is 7.11 Å². The van der Waals surface area contributed by atoms with Gasteiger partial charge in [0.2, 0.25) is 0 Å². The minimum absolute atomic E-state index is 0.0122. The highest BCUT2D eigenvalue weighted by Gasteiger charge is 2.13. The monoisotopic (exact) mass is 289 g/mol. The third kappa shape index (κ3) is 3.17. The van der Waals surface area contributed by atoms with E-state index in [0.29, 0.717) is 5.75 Å². The molecular weight excluding hydrogens is 274 g/mol. The number of carbonyl (C=O) groups excluding carboxylic acids is 1. The number of hydrogen-bond acceptors (Lipinski definition) is 5. The Labute approximate surface area is 121 Å². The van der Waals surface area contributed by atoms with Crippen molar-refractivity contribution in [3.8, 4) is 23.0 Å². The second-order valence-electron chi connectivity index (χ2n) is 4.36. The largest absolute Gasteiger partial charge is 0.504 e. The lowest BCUT2D eigenvalue weighted by Crippen LogP contribution is -2.22. The number of aromatic hydroxyl groups is 3. The number of phenolic OH excluding ortho intramolecular Hbond substituents is 3. The average Bonchev–Trinajstić information content (AvgIpc) is 2.49. The highest BCUT2D eigenvalue weighted by molar-refractivity contribution is 5.97. The summed E-state index contributed by atoms with van der Waals surface area (Å²) < 4.78 is 4.98. The molecule has 6 heteroatoms. The summed E-state index contributed by atoms with van der Waals surface area (Å²) in [6.07, 6.45) is 0. The Morgan fingerprint density at radius 1 is 1.14 bits per heavy atom. The predicted octanol–water partition coefficient (Wildman–Crippen LogP) is 1.74. The maximum absolute atomic E-state index is 11.9. The Morgan fingerprint density at radius 3 is 2.62 bits per heavy atom. The van der Waals surface area contributed by atoms with Gasteiger partial charge in [-0.05, 0) is 29.8 Å². The van der Waals surface area contributed by atoms with Crippen molar-refractivity contribution in [2.45, 2.75) is 6.54 Å². The van der Waals surface area contributed by atoms with Gasteiger partial charge in [0.25, 0.3) is 5.91 Å². The molecule has 2 aromatic carbocycles. The van der Waals surface area contributed by atoms with E-state index in [9.17, 15) is 20.1 Å². The zero-order valence-corrected chi connectivity index (χ0v) is 11.3. The lowest BCUT2D eigenvalue weighted by atomic mass is 10.1. The van der Waals surface area contributed by atoms with Crippen molar-refractivity contribution in [1.82, 2.24) is 5.32 Å². The first-order chi connectivity index (χ1) is 10.0. The number of carbonyl (C=O) groups is 1. The molecule has 0 fully saturated rings. The molecule has 0 atom stereocenters. The Hall–Kier alpha value is -2.89. The van der Waals surface area contributed by atoms with E-state index >= 15 is 0 Å². The number of methoxy groups -OCH3 is 1. The molecule has 0 aliphatic heterocycles. The van der Waals surface area contributed by atoms with E-state index in [1.165, 1.54) is 31.4 Å². The number of hydrogen-bond donors (Lipinski definition) is 4. The maximum Gasteiger partial charge on any atom is 0.255 e. The molecule has 2 aromatic rings. The fourth-order valence-electron chi connectivity index (χ4n) is 1.82. The molecule has 0 saturated carbocycles. The summed E-state index contributed by atoms with van der Waals surface area (Å²) in [5, 5.41) is 31.1. The van der Waals surface area contributed by atoms with Crippen LogP contribution in [0.1, 0.15) is 15.9 Å². The highest BCUT2D eigenvalue weighted by Crippen LogP contribution is 2.28. The van der Waals surface area contributed by atoms with E-state index in [0.717, 1.165) is 5.56 Å². The van der Waals surface area contributed by atoms with E-state index in [4.69, 9.17) is 4.74 Å². The molecular formula is C15H15NO5. The minimum Gasteiger partial charge on any atom is -0.504 e. The molecule has 0 aliphatic rings. The quantitative estimate of drug-likeness (QED) is 0.643. The van der Waals surface area contributed by atoms with Crippen molar-refractivity contribution >= 4 is 5.91 Å². The van der Waals surface area contributed by atoms with E-state index in [1.54, 1.807) is 12.1 Å². The van der Waals surface area contributed by atoms with Crippen LogP contribution in [0.5, 0.6) is 23.0 Å². The summed E-state index contributed by atoms with van der Waals surface area (Å²) >= 11 is 0. The fraction of sp³-hybridized carbons (Fsp3) is 0.133. The summed E-state index contributed by atoms with van der Waals surface area (Å²) in [7, 11) is 1.43. The summed E-state index contributed by atoms with van der Waals surface area (Å²) in [4.78, 5) is 11.9. The van der Waals surface area contributed by atoms with Crippen LogP contribution in [-0.2, 0) is 6.54 Å². The summed E-state index contributed by atoms with van der Waals surface area (Å²) in [5.41, 5.74) is 0.707. The first-order valence-electron chi connectivity index (χ1n) is 6.18. The average molecular weight is 289 g/mol. The van der Waals surface area contributed by atoms with Crippen molar-refractivity contribution in [3.63, 3.8) is 0 Å². The Morgan fingerprint density at radius 2 is 1.90 bits per heavy atom. The van der Waals surface area contributed by atoms with Gasteiger partial charge in [-0.15, -0.1) is 0 Å². The van der Waals surface area contributed by atoms with Crippen LogP contribution in [0.3, 0.4) is 0 Å². The molecule has 0 unspecified atom stereocenters. The van der Waals surface area contributed by atoms with Gasteiger partial charge in [-0.1, -0.05) is 12.1 Å². The summed E-state index contributed by atoms with van der Waals surface area (Å²) in [6.45, 7) is 0.185. The van der Waals surface area contributed by atoms with Crippen LogP contribution in [0.2, 0.25) is 0 Å². The third-order valence-corrected chi connectivity index (χ3v) is 2.96. The maximum atomic E-state index is 11.9. The van der Waals surface area contributed by atoms with Crippen LogP contribution in [0, 0.1) is 0 Å². The molecule has 21 heavy (non-hydrogen) atoms. The van der Waals surface area contributed by atoms with Gasteiger partial charge in [0.05, 0.1) is 12.7 Å². The van der Waals surface area contributed by atoms with Gasteiger partial charge in [0.1, 0.15) is 0 Å². The number of amides is 1. The normalized spacial score (nSPS) is 10.1. The van der Waals surface area contributed by atoms with Crippen LogP contribution in [0.4, 0.5) is 0 Å².